The highest BCUT2D eigenvalue weighted by molar-refractivity contribution is 5.05. The molecule has 0 bridgehead atoms. The number of methoxy groups -OCH3 is 1. The van der Waals surface area contributed by atoms with E-state index in [2.05, 4.69) is 10.1 Å². The molecule has 1 aromatic heterocycles. The van der Waals surface area contributed by atoms with Crippen LogP contribution in [0.2, 0.25) is 0 Å². The van der Waals surface area contributed by atoms with Gasteiger partial charge in [0.15, 0.2) is 0 Å². The molecule has 5 nitrogen and oxygen atoms in total. The number of aromatic nitrogens is 2. The van der Waals surface area contributed by atoms with Gasteiger partial charge >= 0.3 is 0 Å². The van der Waals surface area contributed by atoms with Crippen molar-refractivity contribution in [3.05, 3.63) is 11.7 Å². The first-order chi connectivity index (χ1) is 7.54. The Balaban J connectivity index is 2.19. The molecule has 0 amide bonds. The number of ether oxygens (including phenoxy) is 1. The highest BCUT2D eigenvalue weighted by atomic mass is 16.5. The van der Waals surface area contributed by atoms with Gasteiger partial charge in [0.1, 0.15) is 5.60 Å². The van der Waals surface area contributed by atoms with Crippen LogP contribution in [0.25, 0.3) is 0 Å². The van der Waals surface area contributed by atoms with Crippen LogP contribution in [0.5, 0.6) is 0 Å². The second-order valence-corrected chi connectivity index (χ2v) is 4.87. The summed E-state index contributed by atoms with van der Waals surface area (Å²) in [6.07, 6.45) is 3.21. The standard InChI is InChI=1S/C11H19N3O2/c1-11(2,15-3)10-13-9(16-14-10)7-5-4-6-8(7)12/h7-8H,4-6,12H2,1-3H3. The van der Waals surface area contributed by atoms with E-state index in [0.29, 0.717) is 11.7 Å². The first-order valence-electron chi connectivity index (χ1n) is 5.69. The molecule has 2 atom stereocenters. The average molecular weight is 225 g/mol. The first kappa shape index (κ1) is 11.5. The molecule has 0 aromatic carbocycles. The van der Waals surface area contributed by atoms with Crippen molar-refractivity contribution in [3.8, 4) is 0 Å². The summed E-state index contributed by atoms with van der Waals surface area (Å²) < 4.78 is 10.6. The maximum atomic E-state index is 6.00. The molecule has 0 aliphatic heterocycles. The van der Waals surface area contributed by atoms with Crippen LogP contribution in [-0.2, 0) is 10.3 Å². The van der Waals surface area contributed by atoms with E-state index in [1.807, 2.05) is 13.8 Å². The maximum Gasteiger partial charge on any atom is 0.231 e. The fourth-order valence-corrected chi connectivity index (χ4v) is 2.02. The molecule has 1 fully saturated rings. The number of nitrogens with two attached hydrogens (primary N) is 1. The number of nitrogens with zero attached hydrogens (tertiary/aromatic N) is 2. The third kappa shape index (κ3) is 1.97. The van der Waals surface area contributed by atoms with Crippen LogP contribution in [0.3, 0.4) is 0 Å². The summed E-state index contributed by atoms with van der Waals surface area (Å²) in [6, 6.07) is 0.152. The molecule has 0 spiro atoms. The quantitative estimate of drug-likeness (QED) is 0.844. The molecule has 2 unspecified atom stereocenters. The highest BCUT2D eigenvalue weighted by Crippen LogP contribution is 2.33. The lowest BCUT2D eigenvalue weighted by Crippen LogP contribution is -2.24. The predicted octanol–water partition coefficient (Wildman–Crippen LogP) is 1.55. The lowest BCUT2D eigenvalue weighted by molar-refractivity contribution is 0.00973. The van der Waals surface area contributed by atoms with Crippen molar-refractivity contribution in [3.63, 3.8) is 0 Å². The molecule has 1 saturated carbocycles. The van der Waals surface area contributed by atoms with Gasteiger partial charge in [0.2, 0.25) is 11.7 Å². The van der Waals surface area contributed by atoms with Crippen molar-refractivity contribution < 1.29 is 9.26 Å². The topological polar surface area (TPSA) is 74.2 Å². The Morgan fingerprint density at radius 3 is 2.75 bits per heavy atom. The smallest absolute Gasteiger partial charge is 0.231 e. The van der Waals surface area contributed by atoms with Gasteiger partial charge in [-0.05, 0) is 26.7 Å². The first-order valence-corrected chi connectivity index (χ1v) is 5.69. The third-order valence-corrected chi connectivity index (χ3v) is 3.38. The Hall–Kier alpha value is -0.940. The molecule has 0 radical (unpaired) electrons. The molecule has 90 valence electrons. The van der Waals surface area contributed by atoms with Crippen molar-refractivity contribution in [1.29, 1.82) is 0 Å². The van der Waals surface area contributed by atoms with Crippen LogP contribution in [0.15, 0.2) is 4.52 Å². The molecule has 1 aliphatic rings. The summed E-state index contributed by atoms with van der Waals surface area (Å²) in [5.41, 5.74) is 5.49. The van der Waals surface area contributed by atoms with Crippen molar-refractivity contribution in [2.24, 2.45) is 5.73 Å². The lowest BCUT2D eigenvalue weighted by Gasteiger charge is -2.17. The van der Waals surface area contributed by atoms with Gasteiger partial charge in [0.05, 0.1) is 5.92 Å². The normalized spacial score (nSPS) is 26.2. The van der Waals surface area contributed by atoms with Gasteiger partial charge in [-0.3, -0.25) is 0 Å². The molecule has 1 aliphatic carbocycles. The minimum absolute atomic E-state index is 0.152. The molecule has 0 saturated heterocycles. The second kappa shape index (κ2) is 4.14. The van der Waals surface area contributed by atoms with Gasteiger partial charge in [0, 0.05) is 13.2 Å². The Kier molecular flexibility index (Phi) is 2.99. The van der Waals surface area contributed by atoms with Crippen LogP contribution >= 0.6 is 0 Å². The van der Waals surface area contributed by atoms with Crippen molar-refractivity contribution in [2.45, 2.75) is 50.7 Å². The van der Waals surface area contributed by atoms with Gasteiger partial charge in [0.25, 0.3) is 0 Å². The number of hydrogen-bond acceptors (Lipinski definition) is 5. The summed E-state index contributed by atoms with van der Waals surface area (Å²) in [5.74, 6) is 1.46. The number of rotatable bonds is 3. The Bertz CT molecular complexity index is 362. The van der Waals surface area contributed by atoms with E-state index in [9.17, 15) is 0 Å². The van der Waals surface area contributed by atoms with Crippen LogP contribution < -0.4 is 5.73 Å². The van der Waals surface area contributed by atoms with E-state index in [1.165, 1.54) is 0 Å². The van der Waals surface area contributed by atoms with E-state index in [1.54, 1.807) is 7.11 Å². The van der Waals surface area contributed by atoms with E-state index in [-0.39, 0.29) is 12.0 Å². The zero-order valence-corrected chi connectivity index (χ0v) is 10.1. The molecule has 1 heterocycles. The number of hydrogen-bond donors (Lipinski definition) is 1. The molecule has 1 aromatic rings. The monoisotopic (exact) mass is 225 g/mol. The fourth-order valence-electron chi connectivity index (χ4n) is 2.02. The highest BCUT2D eigenvalue weighted by Gasteiger charge is 2.33. The Morgan fingerprint density at radius 2 is 2.19 bits per heavy atom. The van der Waals surface area contributed by atoms with Gasteiger partial charge < -0.3 is 15.0 Å². The van der Waals surface area contributed by atoms with E-state index in [4.69, 9.17) is 15.0 Å². The molecular weight excluding hydrogens is 206 g/mol. The second-order valence-electron chi connectivity index (χ2n) is 4.87. The summed E-state index contributed by atoms with van der Waals surface area (Å²) in [5, 5.41) is 3.97. The van der Waals surface area contributed by atoms with Gasteiger partial charge in [-0.2, -0.15) is 4.98 Å². The predicted molar refractivity (Wildman–Crippen MR) is 58.9 cm³/mol. The van der Waals surface area contributed by atoms with Gasteiger partial charge in [-0.15, -0.1) is 0 Å². The van der Waals surface area contributed by atoms with Crippen LogP contribution in [0, 0.1) is 0 Å². The molecular formula is C11H19N3O2. The largest absolute Gasteiger partial charge is 0.371 e. The third-order valence-electron chi connectivity index (χ3n) is 3.38. The van der Waals surface area contributed by atoms with Crippen molar-refractivity contribution in [2.75, 3.05) is 7.11 Å². The minimum Gasteiger partial charge on any atom is -0.371 e. The van der Waals surface area contributed by atoms with Crippen molar-refractivity contribution in [1.82, 2.24) is 10.1 Å². The summed E-state index contributed by atoms with van der Waals surface area (Å²) in [7, 11) is 1.64. The van der Waals surface area contributed by atoms with Crippen LogP contribution in [0.4, 0.5) is 0 Å². The van der Waals surface area contributed by atoms with E-state index < -0.39 is 5.60 Å². The van der Waals surface area contributed by atoms with Gasteiger partial charge in [-0.1, -0.05) is 11.6 Å². The average Bonchev–Trinajstić information content (AvgIpc) is 2.85. The minimum atomic E-state index is -0.509. The molecule has 2 rings (SSSR count). The lowest BCUT2D eigenvalue weighted by atomic mass is 10.0. The summed E-state index contributed by atoms with van der Waals surface area (Å²) in [4.78, 5) is 4.40. The molecule has 2 N–H and O–H groups in total. The summed E-state index contributed by atoms with van der Waals surface area (Å²) >= 11 is 0. The van der Waals surface area contributed by atoms with E-state index >= 15 is 0 Å². The van der Waals surface area contributed by atoms with E-state index in [0.717, 1.165) is 19.3 Å². The molecule has 5 heteroatoms. The van der Waals surface area contributed by atoms with Gasteiger partial charge in [-0.25, -0.2) is 0 Å². The maximum absolute atomic E-state index is 6.00. The summed E-state index contributed by atoms with van der Waals surface area (Å²) in [6.45, 7) is 3.83. The molecule has 16 heavy (non-hydrogen) atoms. The van der Waals surface area contributed by atoms with Crippen molar-refractivity contribution >= 4 is 0 Å². The Morgan fingerprint density at radius 1 is 1.44 bits per heavy atom. The zero-order chi connectivity index (χ0) is 11.8. The fraction of sp³-hybridized carbons (Fsp3) is 0.818. The SMILES string of the molecule is COC(C)(C)c1noc(C2CCCC2N)n1. The Labute approximate surface area is 95.3 Å². The zero-order valence-electron chi connectivity index (χ0n) is 10.1. The van der Waals surface area contributed by atoms with Crippen LogP contribution in [-0.4, -0.2) is 23.3 Å². The van der Waals surface area contributed by atoms with Crippen LogP contribution in [0.1, 0.15) is 50.7 Å².